The van der Waals surface area contributed by atoms with Crippen molar-refractivity contribution in [3.63, 3.8) is 0 Å². The van der Waals surface area contributed by atoms with Gasteiger partial charge in [0.05, 0.1) is 0 Å². The van der Waals surface area contributed by atoms with Crippen LogP contribution in [0.2, 0.25) is 0 Å². The molecule has 0 bridgehead atoms. The van der Waals surface area contributed by atoms with Crippen molar-refractivity contribution in [1.29, 1.82) is 0 Å². The standard InChI is InChI=1S/C2H4Cl3OP/c3-7(4,5)2-1-6-2/h2,7H,1H2. The van der Waals surface area contributed by atoms with Gasteiger partial charge in [0.15, 0.2) is 0 Å². The predicted octanol–water partition coefficient (Wildman–Crippen LogP) is 2.55. The average Bonchev–Trinajstić information content (AvgIpc) is 1.99. The summed E-state index contributed by atoms with van der Waals surface area (Å²) in [6, 6.07) is 0. The molecule has 1 atom stereocenters. The fourth-order valence-electron chi connectivity index (χ4n) is 0.237. The van der Waals surface area contributed by atoms with E-state index < -0.39 is 5.32 Å². The van der Waals surface area contributed by atoms with E-state index >= 15 is 0 Å². The maximum atomic E-state index is 5.48. The van der Waals surface area contributed by atoms with E-state index in [9.17, 15) is 0 Å². The molecular weight excluding hydrogens is 177 g/mol. The molecule has 0 N–H and O–H groups in total. The Balaban J connectivity index is 2.36. The van der Waals surface area contributed by atoms with Gasteiger partial charge >= 0.3 is 56.2 Å². The summed E-state index contributed by atoms with van der Waals surface area (Å²) in [5.41, 5.74) is 0. The zero-order valence-electron chi connectivity index (χ0n) is 3.33. The fraction of sp³-hybridized carbons (Fsp3) is 1.00. The van der Waals surface area contributed by atoms with E-state index in [4.69, 9.17) is 38.5 Å². The summed E-state index contributed by atoms with van der Waals surface area (Å²) in [5, 5.41) is -2.43. The summed E-state index contributed by atoms with van der Waals surface area (Å²) in [6.07, 6.45) is 0. The minimum absolute atomic E-state index is 0.0162. The molecule has 1 nitrogen and oxygen atoms in total. The Morgan fingerprint density at radius 1 is 1.43 bits per heavy atom. The van der Waals surface area contributed by atoms with Crippen molar-refractivity contribution >= 4 is 39.0 Å². The van der Waals surface area contributed by atoms with Gasteiger partial charge in [-0.15, -0.1) is 0 Å². The second-order valence-electron chi connectivity index (χ2n) is 1.36. The van der Waals surface area contributed by atoms with Crippen molar-refractivity contribution in [2.45, 2.75) is 5.85 Å². The molecule has 0 spiro atoms. The molecule has 0 aliphatic carbocycles. The Kier molecular flexibility index (Phi) is 1.73. The first-order valence-corrected chi connectivity index (χ1v) is 6.90. The van der Waals surface area contributed by atoms with Crippen LogP contribution < -0.4 is 0 Å². The van der Waals surface area contributed by atoms with Crippen molar-refractivity contribution in [1.82, 2.24) is 0 Å². The molecule has 44 valence electrons. The molecule has 1 aliphatic rings. The van der Waals surface area contributed by atoms with Crippen LogP contribution in [0.15, 0.2) is 0 Å². The van der Waals surface area contributed by atoms with Crippen LogP contribution in [-0.4, -0.2) is 12.5 Å². The Morgan fingerprint density at radius 2 is 1.86 bits per heavy atom. The van der Waals surface area contributed by atoms with Crippen LogP contribution in [-0.2, 0) is 4.74 Å². The van der Waals surface area contributed by atoms with Gasteiger partial charge in [-0.2, -0.15) is 0 Å². The van der Waals surface area contributed by atoms with E-state index in [-0.39, 0.29) is 5.85 Å². The molecule has 1 aliphatic heterocycles. The van der Waals surface area contributed by atoms with Crippen molar-refractivity contribution < 1.29 is 4.74 Å². The zero-order chi connectivity index (χ0) is 5.49. The van der Waals surface area contributed by atoms with E-state index in [1.165, 1.54) is 0 Å². The summed E-state index contributed by atoms with van der Waals surface area (Å²) in [6.45, 7) is 0.642. The Hall–Kier alpha value is 1.26. The van der Waals surface area contributed by atoms with Crippen LogP contribution in [0.3, 0.4) is 0 Å². The molecule has 7 heavy (non-hydrogen) atoms. The van der Waals surface area contributed by atoms with E-state index in [0.717, 1.165) is 0 Å². The van der Waals surface area contributed by atoms with Gasteiger partial charge in [-0.3, -0.25) is 0 Å². The number of halogens is 3. The second kappa shape index (κ2) is 1.89. The van der Waals surface area contributed by atoms with Crippen LogP contribution in [0.5, 0.6) is 0 Å². The first-order chi connectivity index (χ1) is 3.11. The summed E-state index contributed by atoms with van der Waals surface area (Å²) in [4.78, 5) is 0. The van der Waals surface area contributed by atoms with Gasteiger partial charge in [-0.05, 0) is 0 Å². The molecular formula is C2H4Cl3OP. The minimum atomic E-state index is -2.43. The normalized spacial score (nSPS) is 32.7. The molecule has 0 aromatic rings. The van der Waals surface area contributed by atoms with Crippen molar-refractivity contribution in [3.05, 3.63) is 0 Å². The van der Waals surface area contributed by atoms with Gasteiger partial charge in [0, 0.05) is 0 Å². The van der Waals surface area contributed by atoms with Gasteiger partial charge < -0.3 is 0 Å². The number of hydrogen-bond acceptors (Lipinski definition) is 1. The Labute approximate surface area is 56.6 Å². The van der Waals surface area contributed by atoms with E-state index in [2.05, 4.69) is 0 Å². The predicted molar refractivity (Wildman–Crippen MR) is 35.6 cm³/mol. The molecule has 1 rings (SSSR count). The summed E-state index contributed by atoms with van der Waals surface area (Å²) >= 11 is 16.4. The zero-order valence-corrected chi connectivity index (χ0v) is 6.59. The third kappa shape index (κ3) is 1.91. The van der Waals surface area contributed by atoms with Crippen molar-refractivity contribution in [2.75, 3.05) is 6.61 Å². The molecule has 0 radical (unpaired) electrons. The van der Waals surface area contributed by atoms with Crippen LogP contribution in [0.1, 0.15) is 0 Å². The van der Waals surface area contributed by atoms with E-state index in [0.29, 0.717) is 6.61 Å². The topological polar surface area (TPSA) is 12.5 Å². The SMILES string of the molecule is Cl[PH](Cl)(Cl)C1CO1. The molecule has 0 saturated carbocycles. The molecule has 0 aromatic heterocycles. The van der Waals surface area contributed by atoms with Gasteiger partial charge in [0.25, 0.3) is 0 Å². The Bertz CT molecular complexity index is 75.5. The van der Waals surface area contributed by atoms with Crippen LogP contribution in [0.25, 0.3) is 0 Å². The number of epoxide rings is 1. The van der Waals surface area contributed by atoms with Crippen LogP contribution in [0, 0.1) is 0 Å². The molecule has 1 heterocycles. The number of hydrogen-bond donors (Lipinski definition) is 0. The molecule has 1 unspecified atom stereocenters. The second-order valence-corrected chi connectivity index (χ2v) is 10.2. The third-order valence-corrected chi connectivity index (χ3v) is 3.95. The third-order valence-electron chi connectivity index (χ3n) is 0.698. The summed E-state index contributed by atoms with van der Waals surface area (Å²) in [5.74, 6) is -0.0162. The molecule has 0 amide bonds. The molecule has 1 saturated heterocycles. The van der Waals surface area contributed by atoms with Crippen molar-refractivity contribution in [2.24, 2.45) is 0 Å². The molecule has 0 aromatic carbocycles. The molecule has 5 heteroatoms. The van der Waals surface area contributed by atoms with Crippen molar-refractivity contribution in [3.8, 4) is 0 Å². The Morgan fingerprint density at radius 3 is 1.86 bits per heavy atom. The van der Waals surface area contributed by atoms with Gasteiger partial charge in [-0.25, -0.2) is 0 Å². The van der Waals surface area contributed by atoms with Gasteiger partial charge in [-0.1, -0.05) is 0 Å². The van der Waals surface area contributed by atoms with E-state index in [1.54, 1.807) is 0 Å². The monoisotopic (exact) mass is 180 g/mol. The van der Waals surface area contributed by atoms with Gasteiger partial charge in [0.1, 0.15) is 0 Å². The fourth-order valence-corrected chi connectivity index (χ4v) is 1.85. The maximum absolute atomic E-state index is 5.48. The van der Waals surface area contributed by atoms with E-state index in [1.807, 2.05) is 0 Å². The number of ether oxygens (including phenoxy) is 1. The first-order valence-electron chi connectivity index (χ1n) is 1.79. The quantitative estimate of drug-likeness (QED) is 0.447. The van der Waals surface area contributed by atoms with Gasteiger partial charge in [0.2, 0.25) is 0 Å². The summed E-state index contributed by atoms with van der Waals surface area (Å²) < 4.78 is 4.74. The van der Waals surface area contributed by atoms with Crippen LogP contribution in [0.4, 0.5) is 0 Å². The average molecular weight is 181 g/mol. The molecule has 1 fully saturated rings. The first kappa shape index (κ1) is 6.38. The summed E-state index contributed by atoms with van der Waals surface area (Å²) in [7, 11) is 0. The number of rotatable bonds is 1. The van der Waals surface area contributed by atoms with Crippen LogP contribution >= 0.6 is 39.0 Å².